The third kappa shape index (κ3) is 3.82. The first-order valence-corrected chi connectivity index (χ1v) is 5.73. The third-order valence-electron chi connectivity index (χ3n) is 2.61. The van der Waals surface area contributed by atoms with Crippen LogP contribution < -0.4 is 11.1 Å². The highest BCUT2D eigenvalue weighted by atomic mass is 19.1. The van der Waals surface area contributed by atoms with Gasteiger partial charge >= 0.3 is 0 Å². The molecule has 0 fully saturated rings. The molecule has 0 aliphatic heterocycles. The average Bonchev–Trinajstić information content (AvgIpc) is 2.26. The molecule has 0 aliphatic carbocycles. The quantitative estimate of drug-likeness (QED) is 0.842. The number of halogens is 1. The summed E-state index contributed by atoms with van der Waals surface area (Å²) in [5, 5.41) is 2.87. The summed E-state index contributed by atoms with van der Waals surface area (Å²) in [7, 11) is 0. The molecule has 0 bridgehead atoms. The normalized spacial score (nSPS) is 14.5. The van der Waals surface area contributed by atoms with Gasteiger partial charge in [0.05, 0.1) is 12.1 Å². The van der Waals surface area contributed by atoms with Gasteiger partial charge in [0.2, 0.25) is 5.91 Å². The van der Waals surface area contributed by atoms with Gasteiger partial charge in [-0.3, -0.25) is 4.79 Å². The van der Waals surface area contributed by atoms with Gasteiger partial charge in [-0.05, 0) is 30.5 Å². The van der Waals surface area contributed by atoms with Crippen LogP contribution in [0.25, 0.3) is 0 Å². The number of carbonyl (C=O) groups is 1. The predicted molar refractivity (Wildman–Crippen MR) is 65.8 cm³/mol. The first-order chi connectivity index (χ1) is 7.91. The maximum atomic E-state index is 12.8. The lowest BCUT2D eigenvalue weighted by atomic mass is 9.95. The van der Waals surface area contributed by atoms with Crippen LogP contribution in [0.4, 0.5) is 4.39 Å². The molecule has 0 aliphatic rings. The summed E-state index contributed by atoms with van der Waals surface area (Å²) in [4.78, 5) is 11.6. The van der Waals surface area contributed by atoms with Crippen molar-refractivity contribution in [1.29, 1.82) is 0 Å². The van der Waals surface area contributed by atoms with E-state index >= 15 is 0 Å². The van der Waals surface area contributed by atoms with Gasteiger partial charge in [0.25, 0.3) is 0 Å². The lowest BCUT2D eigenvalue weighted by Gasteiger charge is -2.23. The molecule has 3 N–H and O–H groups in total. The second-order valence-corrected chi connectivity index (χ2v) is 4.57. The molecule has 0 spiro atoms. The molecule has 0 heterocycles. The molecule has 17 heavy (non-hydrogen) atoms. The van der Waals surface area contributed by atoms with E-state index in [0.717, 1.165) is 5.56 Å². The number of rotatable bonds is 4. The van der Waals surface area contributed by atoms with Gasteiger partial charge in [-0.1, -0.05) is 26.0 Å². The molecule has 2 atom stereocenters. The van der Waals surface area contributed by atoms with Crippen LogP contribution in [0.3, 0.4) is 0 Å². The molecule has 4 heteroatoms. The molecular weight excluding hydrogens is 219 g/mol. The van der Waals surface area contributed by atoms with Crippen molar-refractivity contribution in [2.24, 2.45) is 11.7 Å². The zero-order valence-electron chi connectivity index (χ0n) is 10.4. The average molecular weight is 238 g/mol. The Morgan fingerprint density at radius 3 is 2.18 bits per heavy atom. The van der Waals surface area contributed by atoms with E-state index in [1.54, 1.807) is 19.1 Å². The van der Waals surface area contributed by atoms with Crippen LogP contribution in [-0.2, 0) is 4.79 Å². The van der Waals surface area contributed by atoms with Crippen molar-refractivity contribution in [3.63, 3.8) is 0 Å². The molecule has 1 rings (SSSR count). The number of benzene rings is 1. The minimum atomic E-state index is -0.545. The van der Waals surface area contributed by atoms with Crippen LogP contribution in [0.5, 0.6) is 0 Å². The number of nitrogens with one attached hydrogen (secondary N) is 1. The first kappa shape index (κ1) is 13.6. The van der Waals surface area contributed by atoms with Crippen molar-refractivity contribution in [2.75, 3.05) is 0 Å². The molecule has 1 aromatic rings. The van der Waals surface area contributed by atoms with Crippen molar-refractivity contribution >= 4 is 5.91 Å². The Bertz CT molecular complexity index is 374. The van der Waals surface area contributed by atoms with Crippen molar-refractivity contribution in [1.82, 2.24) is 5.32 Å². The first-order valence-electron chi connectivity index (χ1n) is 5.73. The maximum Gasteiger partial charge on any atom is 0.237 e. The highest BCUT2D eigenvalue weighted by Gasteiger charge is 2.19. The van der Waals surface area contributed by atoms with Crippen LogP contribution in [0.2, 0.25) is 0 Å². The summed E-state index contributed by atoms with van der Waals surface area (Å²) >= 11 is 0. The summed E-state index contributed by atoms with van der Waals surface area (Å²) in [6, 6.07) is 5.46. The Hall–Kier alpha value is -1.42. The summed E-state index contributed by atoms with van der Waals surface area (Å²) in [5.41, 5.74) is 6.40. The monoisotopic (exact) mass is 238 g/mol. The molecule has 0 radical (unpaired) electrons. The fourth-order valence-corrected chi connectivity index (χ4v) is 1.59. The van der Waals surface area contributed by atoms with Crippen LogP contribution >= 0.6 is 0 Å². The summed E-state index contributed by atoms with van der Waals surface area (Å²) in [5.74, 6) is -0.272. The van der Waals surface area contributed by atoms with E-state index in [0.29, 0.717) is 0 Å². The summed E-state index contributed by atoms with van der Waals surface area (Å²) < 4.78 is 12.8. The fraction of sp³-hybridized carbons (Fsp3) is 0.462. The maximum absolute atomic E-state index is 12.8. The zero-order chi connectivity index (χ0) is 13.0. The Balaban J connectivity index is 2.86. The fourth-order valence-electron chi connectivity index (χ4n) is 1.59. The molecule has 0 saturated heterocycles. The number of amides is 1. The molecule has 1 aromatic carbocycles. The van der Waals surface area contributed by atoms with E-state index in [9.17, 15) is 9.18 Å². The number of nitrogens with two attached hydrogens (primary N) is 1. The molecule has 3 nitrogen and oxygen atoms in total. The van der Waals surface area contributed by atoms with Gasteiger partial charge < -0.3 is 11.1 Å². The van der Waals surface area contributed by atoms with Gasteiger partial charge in [-0.15, -0.1) is 0 Å². The Morgan fingerprint density at radius 2 is 1.76 bits per heavy atom. The van der Waals surface area contributed by atoms with E-state index in [1.165, 1.54) is 12.1 Å². The molecule has 2 unspecified atom stereocenters. The van der Waals surface area contributed by atoms with E-state index in [-0.39, 0.29) is 23.7 Å². The highest BCUT2D eigenvalue weighted by molar-refractivity contribution is 5.81. The predicted octanol–water partition coefficient (Wildman–Crippen LogP) is 1.99. The van der Waals surface area contributed by atoms with E-state index in [1.807, 2.05) is 13.8 Å². The molecule has 0 saturated carbocycles. The van der Waals surface area contributed by atoms with Crippen LogP contribution in [0.15, 0.2) is 24.3 Å². The second-order valence-electron chi connectivity index (χ2n) is 4.57. The highest BCUT2D eigenvalue weighted by Crippen LogP contribution is 2.21. The van der Waals surface area contributed by atoms with E-state index in [2.05, 4.69) is 5.32 Å². The largest absolute Gasteiger partial charge is 0.348 e. The number of hydrogen-bond donors (Lipinski definition) is 2. The Morgan fingerprint density at radius 1 is 1.24 bits per heavy atom. The van der Waals surface area contributed by atoms with Gasteiger partial charge in [0.1, 0.15) is 5.82 Å². The van der Waals surface area contributed by atoms with Gasteiger partial charge in [-0.25, -0.2) is 4.39 Å². The van der Waals surface area contributed by atoms with Crippen LogP contribution in [0.1, 0.15) is 32.4 Å². The number of carbonyl (C=O) groups excluding carboxylic acids is 1. The zero-order valence-corrected chi connectivity index (χ0v) is 10.4. The second kappa shape index (κ2) is 5.77. The lowest BCUT2D eigenvalue weighted by molar-refractivity contribution is -0.123. The minimum absolute atomic E-state index is 0.144. The number of hydrogen-bond acceptors (Lipinski definition) is 2. The third-order valence-corrected chi connectivity index (χ3v) is 2.61. The van der Waals surface area contributed by atoms with Gasteiger partial charge in [-0.2, -0.15) is 0 Å². The van der Waals surface area contributed by atoms with Crippen LogP contribution in [-0.4, -0.2) is 11.9 Å². The summed E-state index contributed by atoms with van der Waals surface area (Å²) in [6.07, 6.45) is 0. The van der Waals surface area contributed by atoms with Gasteiger partial charge in [0, 0.05) is 0 Å². The minimum Gasteiger partial charge on any atom is -0.348 e. The molecule has 94 valence electrons. The van der Waals surface area contributed by atoms with Crippen molar-refractivity contribution in [3.8, 4) is 0 Å². The van der Waals surface area contributed by atoms with Crippen molar-refractivity contribution in [2.45, 2.75) is 32.9 Å². The van der Waals surface area contributed by atoms with Crippen LogP contribution in [0, 0.1) is 11.7 Å². The Labute approximate surface area is 101 Å². The van der Waals surface area contributed by atoms with Gasteiger partial charge in [0.15, 0.2) is 0 Å². The van der Waals surface area contributed by atoms with E-state index < -0.39 is 6.04 Å². The summed E-state index contributed by atoms with van der Waals surface area (Å²) in [6.45, 7) is 5.63. The standard InChI is InChI=1S/C13H19FN2O/c1-8(2)12(16-13(17)9(3)15)10-4-6-11(14)7-5-10/h4-9,12H,15H2,1-3H3,(H,16,17). The van der Waals surface area contributed by atoms with Crippen molar-refractivity contribution < 1.29 is 9.18 Å². The lowest BCUT2D eigenvalue weighted by Crippen LogP contribution is -2.41. The molecular formula is C13H19FN2O. The Kier molecular flexibility index (Phi) is 4.63. The molecule has 0 aromatic heterocycles. The molecule has 1 amide bonds. The van der Waals surface area contributed by atoms with E-state index in [4.69, 9.17) is 5.73 Å². The van der Waals surface area contributed by atoms with Crippen molar-refractivity contribution in [3.05, 3.63) is 35.6 Å². The topological polar surface area (TPSA) is 55.1 Å². The smallest absolute Gasteiger partial charge is 0.237 e. The SMILES string of the molecule is CC(N)C(=O)NC(c1ccc(F)cc1)C(C)C.